The topological polar surface area (TPSA) is 46.6 Å². The normalized spacial score (nSPS) is 13.1. The Morgan fingerprint density at radius 3 is 1.88 bits per heavy atom. The second kappa shape index (κ2) is 6.62. The van der Waals surface area contributed by atoms with E-state index in [1.807, 2.05) is 34.6 Å². The van der Waals surface area contributed by atoms with Gasteiger partial charge < -0.3 is 9.64 Å². The third-order valence-corrected chi connectivity index (χ3v) is 2.71. The molecular weight excluding hydrogens is 218 g/mol. The van der Waals surface area contributed by atoms with E-state index < -0.39 is 17.3 Å². The zero-order valence-electron chi connectivity index (χ0n) is 11.9. The molecule has 1 atom stereocenters. The Morgan fingerprint density at radius 1 is 1.12 bits per heavy atom. The second-order valence-electron chi connectivity index (χ2n) is 5.06. The molecule has 0 N–H and O–H groups in total. The molecule has 0 saturated heterocycles. The molecule has 0 aliphatic carbocycles. The molecule has 0 aromatic heterocycles. The van der Waals surface area contributed by atoms with Crippen LogP contribution in [-0.4, -0.2) is 36.5 Å². The van der Waals surface area contributed by atoms with Crippen LogP contribution >= 0.6 is 0 Å². The fraction of sp³-hybridized carbons (Fsp3) is 0.846. The summed E-state index contributed by atoms with van der Waals surface area (Å²) in [6.45, 7) is 12.7. The number of esters is 1. The van der Waals surface area contributed by atoms with Crippen LogP contribution in [0.2, 0.25) is 0 Å². The summed E-state index contributed by atoms with van der Waals surface area (Å²) >= 11 is 0. The van der Waals surface area contributed by atoms with Crippen molar-refractivity contribution in [3.8, 4) is 0 Å². The number of nitrogens with zero attached hydrogens (tertiary/aromatic N) is 1. The second-order valence-corrected chi connectivity index (χ2v) is 5.06. The minimum atomic E-state index is -0.720. The van der Waals surface area contributed by atoms with Crippen LogP contribution in [0.5, 0.6) is 0 Å². The number of hydrogen-bond acceptors (Lipinski definition) is 3. The first-order valence-corrected chi connectivity index (χ1v) is 6.24. The first-order chi connectivity index (χ1) is 7.79. The van der Waals surface area contributed by atoms with Crippen molar-refractivity contribution >= 4 is 11.9 Å². The van der Waals surface area contributed by atoms with Crippen LogP contribution in [-0.2, 0) is 14.3 Å². The van der Waals surface area contributed by atoms with Crippen molar-refractivity contribution in [1.29, 1.82) is 0 Å². The van der Waals surface area contributed by atoms with Crippen LogP contribution < -0.4 is 0 Å². The molecule has 0 heterocycles. The summed E-state index contributed by atoms with van der Waals surface area (Å²) in [6, 6.07) is 0. The molecule has 0 spiro atoms. The molecule has 4 nitrogen and oxygen atoms in total. The number of ether oxygens (including phenoxy) is 1. The van der Waals surface area contributed by atoms with Crippen LogP contribution in [0.3, 0.4) is 0 Å². The average molecular weight is 243 g/mol. The summed E-state index contributed by atoms with van der Waals surface area (Å²) in [5.41, 5.74) is -0.425. The molecule has 0 fully saturated rings. The Kier molecular flexibility index (Phi) is 6.21. The lowest BCUT2D eigenvalue weighted by Crippen LogP contribution is -2.45. The third-order valence-electron chi connectivity index (χ3n) is 2.71. The molecule has 0 rings (SSSR count). The Bertz CT molecular complexity index is 264. The standard InChI is InChI=1S/C13H25NO3/c1-7-14(8-2)11(15)10(13(4,5)6)12(16)17-9-3/h10H,7-9H2,1-6H3. The van der Waals surface area contributed by atoms with Gasteiger partial charge in [0.2, 0.25) is 5.91 Å². The Morgan fingerprint density at radius 2 is 1.59 bits per heavy atom. The summed E-state index contributed by atoms with van der Waals surface area (Å²) in [5, 5.41) is 0. The summed E-state index contributed by atoms with van der Waals surface area (Å²) in [5.74, 6) is -1.28. The fourth-order valence-electron chi connectivity index (χ4n) is 1.77. The maximum absolute atomic E-state index is 12.3. The molecule has 17 heavy (non-hydrogen) atoms. The first kappa shape index (κ1) is 15.9. The highest BCUT2D eigenvalue weighted by Crippen LogP contribution is 2.29. The predicted octanol–water partition coefficient (Wildman–Crippen LogP) is 2.08. The van der Waals surface area contributed by atoms with E-state index in [-0.39, 0.29) is 5.91 Å². The molecule has 0 bridgehead atoms. The van der Waals surface area contributed by atoms with E-state index in [0.717, 1.165) is 0 Å². The van der Waals surface area contributed by atoms with E-state index >= 15 is 0 Å². The van der Waals surface area contributed by atoms with E-state index in [0.29, 0.717) is 19.7 Å². The number of hydrogen-bond donors (Lipinski definition) is 0. The molecule has 4 heteroatoms. The van der Waals surface area contributed by atoms with Gasteiger partial charge in [0, 0.05) is 13.1 Å². The van der Waals surface area contributed by atoms with Crippen molar-refractivity contribution in [3.05, 3.63) is 0 Å². The average Bonchev–Trinajstić information content (AvgIpc) is 2.17. The van der Waals surface area contributed by atoms with Crippen LogP contribution in [0.4, 0.5) is 0 Å². The maximum atomic E-state index is 12.3. The smallest absolute Gasteiger partial charge is 0.319 e. The van der Waals surface area contributed by atoms with Crippen LogP contribution in [0.25, 0.3) is 0 Å². The van der Waals surface area contributed by atoms with E-state index in [1.54, 1.807) is 11.8 Å². The lowest BCUT2D eigenvalue weighted by atomic mass is 9.79. The number of amides is 1. The van der Waals surface area contributed by atoms with E-state index in [1.165, 1.54) is 0 Å². The van der Waals surface area contributed by atoms with Crippen LogP contribution in [0, 0.1) is 11.3 Å². The molecule has 0 saturated carbocycles. The van der Waals surface area contributed by atoms with Crippen molar-refractivity contribution in [2.45, 2.75) is 41.5 Å². The lowest BCUT2D eigenvalue weighted by molar-refractivity contribution is -0.160. The fourth-order valence-corrected chi connectivity index (χ4v) is 1.77. The SMILES string of the molecule is CCOC(=O)C(C(=O)N(CC)CC)C(C)(C)C. The Labute approximate surface area is 104 Å². The highest BCUT2D eigenvalue weighted by molar-refractivity contribution is 5.98. The van der Waals surface area contributed by atoms with E-state index in [4.69, 9.17) is 4.74 Å². The molecule has 0 aliphatic heterocycles. The predicted molar refractivity (Wildman–Crippen MR) is 67.5 cm³/mol. The molecule has 1 unspecified atom stereocenters. The first-order valence-electron chi connectivity index (χ1n) is 6.24. The van der Waals surface area contributed by atoms with Gasteiger partial charge in [-0.2, -0.15) is 0 Å². The molecule has 0 aromatic carbocycles. The zero-order chi connectivity index (χ0) is 13.6. The van der Waals surface area contributed by atoms with Gasteiger partial charge in [0.05, 0.1) is 6.61 Å². The van der Waals surface area contributed by atoms with Crippen molar-refractivity contribution < 1.29 is 14.3 Å². The quantitative estimate of drug-likeness (QED) is 0.548. The summed E-state index contributed by atoms with van der Waals surface area (Å²) in [6.07, 6.45) is 0. The Hall–Kier alpha value is -1.06. The lowest BCUT2D eigenvalue weighted by Gasteiger charge is -2.31. The zero-order valence-corrected chi connectivity index (χ0v) is 11.9. The number of rotatable bonds is 5. The summed E-state index contributed by atoms with van der Waals surface area (Å²) < 4.78 is 5.00. The van der Waals surface area contributed by atoms with E-state index in [2.05, 4.69) is 0 Å². The molecule has 0 radical (unpaired) electrons. The Balaban J connectivity index is 5.06. The van der Waals surface area contributed by atoms with Gasteiger partial charge in [0.15, 0.2) is 0 Å². The highest BCUT2D eigenvalue weighted by atomic mass is 16.5. The van der Waals surface area contributed by atoms with Crippen molar-refractivity contribution in [2.24, 2.45) is 11.3 Å². The van der Waals surface area contributed by atoms with Crippen molar-refractivity contribution in [2.75, 3.05) is 19.7 Å². The van der Waals surface area contributed by atoms with Gasteiger partial charge in [-0.15, -0.1) is 0 Å². The van der Waals surface area contributed by atoms with Gasteiger partial charge >= 0.3 is 5.97 Å². The van der Waals surface area contributed by atoms with Gasteiger partial charge in [0.25, 0.3) is 0 Å². The minimum Gasteiger partial charge on any atom is -0.465 e. The molecule has 1 amide bonds. The van der Waals surface area contributed by atoms with Gasteiger partial charge in [-0.25, -0.2) is 0 Å². The maximum Gasteiger partial charge on any atom is 0.319 e. The summed E-state index contributed by atoms with van der Waals surface area (Å²) in [4.78, 5) is 25.9. The van der Waals surface area contributed by atoms with Crippen LogP contribution in [0.15, 0.2) is 0 Å². The van der Waals surface area contributed by atoms with Gasteiger partial charge in [-0.1, -0.05) is 20.8 Å². The van der Waals surface area contributed by atoms with Crippen molar-refractivity contribution in [3.63, 3.8) is 0 Å². The van der Waals surface area contributed by atoms with Gasteiger partial charge in [-0.3, -0.25) is 9.59 Å². The van der Waals surface area contributed by atoms with Crippen molar-refractivity contribution in [1.82, 2.24) is 4.90 Å². The van der Waals surface area contributed by atoms with E-state index in [9.17, 15) is 9.59 Å². The molecule has 0 aliphatic rings. The third kappa shape index (κ3) is 4.36. The monoisotopic (exact) mass is 243 g/mol. The van der Waals surface area contributed by atoms with Crippen LogP contribution in [0.1, 0.15) is 41.5 Å². The molecular formula is C13H25NO3. The van der Waals surface area contributed by atoms with Gasteiger partial charge in [-0.05, 0) is 26.2 Å². The number of carbonyl (C=O) groups is 2. The summed E-state index contributed by atoms with van der Waals surface area (Å²) in [7, 11) is 0. The minimum absolute atomic E-state index is 0.138. The molecule has 0 aromatic rings. The molecule has 100 valence electrons. The van der Waals surface area contributed by atoms with Gasteiger partial charge in [0.1, 0.15) is 5.92 Å². The largest absolute Gasteiger partial charge is 0.465 e. The number of carbonyl (C=O) groups excluding carboxylic acids is 2. The highest BCUT2D eigenvalue weighted by Gasteiger charge is 2.40.